The fraction of sp³-hybridized carbons (Fsp3) is 0.385. The van der Waals surface area contributed by atoms with Gasteiger partial charge < -0.3 is 10.1 Å². The minimum absolute atomic E-state index is 0.171. The Hall–Kier alpha value is -1.43. The molecule has 19 heavy (non-hydrogen) atoms. The second-order valence-corrected chi connectivity index (χ2v) is 5.85. The summed E-state index contributed by atoms with van der Waals surface area (Å²) in [6, 6.07) is 3.60. The Morgan fingerprint density at radius 1 is 1.37 bits per heavy atom. The highest BCUT2D eigenvalue weighted by Gasteiger charge is 2.17. The molecule has 1 amide bonds. The highest BCUT2D eigenvalue weighted by Crippen LogP contribution is 2.18. The Morgan fingerprint density at radius 2 is 2.00 bits per heavy atom. The molecule has 0 heterocycles. The zero-order valence-electron chi connectivity index (χ0n) is 10.9. The van der Waals surface area contributed by atoms with Crippen LogP contribution in [0.1, 0.15) is 31.1 Å². The van der Waals surface area contributed by atoms with E-state index in [0.29, 0.717) is 0 Å². The van der Waals surface area contributed by atoms with E-state index in [2.05, 4.69) is 21.2 Å². The molecule has 1 aromatic carbocycles. The van der Waals surface area contributed by atoms with Gasteiger partial charge in [0.15, 0.2) is 6.61 Å². The molecule has 0 aromatic heterocycles. The van der Waals surface area contributed by atoms with Gasteiger partial charge in [0.1, 0.15) is 5.82 Å². The molecular formula is C13H15BrFNO3. The maximum Gasteiger partial charge on any atom is 0.339 e. The van der Waals surface area contributed by atoms with Crippen molar-refractivity contribution in [1.29, 1.82) is 0 Å². The highest BCUT2D eigenvalue weighted by molar-refractivity contribution is 9.10. The summed E-state index contributed by atoms with van der Waals surface area (Å²) in [4.78, 5) is 23.2. The molecule has 0 radical (unpaired) electrons. The van der Waals surface area contributed by atoms with Crippen LogP contribution in [0.5, 0.6) is 0 Å². The summed E-state index contributed by atoms with van der Waals surface area (Å²) >= 11 is 3.06. The number of benzene rings is 1. The molecule has 0 aliphatic heterocycles. The van der Waals surface area contributed by atoms with Crippen molar-refractivity contribution in [3.05, 3.63) is 34.1 Å². The van der Waals surface area contributed by atoms with Crippen LogP contribution in [0.15, 0.2) is 22.7 Å². The molecule has 0 unspecified atom stereocenters. The first kappa shape index (κ1) is 15.6. The molecule has 0 atom stereocenters. The molecule has 1 N–H and O–H groups in total. The predicted molar refractivity (Wildman–Crippen MR) is 72.3 cm³/mol. The average Bonchev–Trinajstić information content (AvgIpc) is 2.23. The number of esters is 1. The number of nitrogens with one attached hydrogen (secondary N) is 1. The Kier molecular flexibility index (Phi) is 5.05. The van der Waals surface area contributed by atoms with Crippen molar-refractivity contribution in [2.24, 2.45) is 0 Å². The number of carbonyl (C=O) groups excluding carboxylic acids is 2. The van der Waals surface area contributed by atoms with Gasteiger partial charge in [-0.25, -0.2) is 9.18 Å². The Labute approximate surface area is 119 Å². The van der Waals surface area contributed by atoms with E-state index in [1.54, 1.807) is 0 Å². The predicted octanol–water partition coefficient (Wildman–Crippen LogP) is 2.66. The van der Waals surface area contributed by atoms with Gasteiger partial charge in [-0.1, -0.05) is 0 Å². The van der Waals surface area contributed by atoms with Gasteiger partial charge in [0.05, 0.1) is 5.56 Å². The first-order chi connectivity index (χ1) is 8.69. The topological polar surface area (TPSA) is 55.4 Å². The van der Waals surface area contributed by atoms with Crippen molar-refractivity contribution in [2.45, 2.75) is 26.3 Å². The van der Waals surface area contributed by atoms with Gasteiger partial charge in [-0.3, -0.25) is 4.79 Å². The van der Waals surface area contributed by atoms with E-state index >= 15 is 0 Å². The van der Waals surface area contributed by atoms with E-state index in [1.165, 1.54) is 6.07 Å². The van der Waals surface area contributed by atoms with E-state index in [9.17, 15) is 14.0 Å². The maximum absolute atomic E-state index is 12.9. The lowest BCUT2D eigenvalue weighted by Gasteiger charge is -2.20. The minimum Gasteiger partial charge on any atom is -0.452 e. The summed E-state index contributed by atoms with van der Waals surface area (Å²) in [5, 5.41) is 2.66. The van der Waals surface area contributed by atoms with Crippen LogP contribution in [0, 0.1) is 5.82 Å². The van der Waals surface area contributed by atoms with E-state index in [-0.39, 0.29) is 28.1 Å². The number of halogens is 2. The molecule has 6 heteroatoms. The third-order valence-corrected chi connectivity index (χ3v) is 2.66. The second-order valence-electron chi connectivity index (χ2n) is 5.00. The fourth-order valence-corrected chi connectivity index (χ4v) is 1.83. The van der Waals surface area contributed by atoms with Crippen LogP contribution < -0.4 is 5.32 Å². The van der Waals surface area contributed by atoms with Gasteiger partial charge in [-0.2, -0.15) is 0 Å². The smallest absolute Gasteiger partial charge is 0.339 e. The lowest BCUT2D eigenvalue weighted by atomic mass is 10.1. The lowest BCUT2D eigenvalue weighted by Crippen LogP contribution is -2.42. The lowest BCUT2D eigenvalue weighted by molar-refractivity contribution is -0.125. The Morgan fingerprint density at radius 3 is 2.53 bits per heavy atom. The number of ether oxygens (including phenoxy) is 1. The molecule has 0 saturated carbocycles. The molecular weight excluding hydrogens is 317 g/mol. The van der Waals surface area contributed by atoms with Gasteiger partial charge >= 0.3 is 5.97 Å². The molecule has 0 bridgehead atoms. The molecule has 0 fully saturated rings. The molecule has 4 nitrogen and oxygen atoms in total. The van der Waals surface area contributed by atoms with Crippen LogP contribution in [-0.4, -0.2) is 24.0 Å². The normalized spacial score (nSPS) is 11.0. The molecule has 0 saturated heterocycles. The van der Waals surface area contributed by atoms with Gasteiger partial charge in [-0.15, -0.1) is 0 Å². The van der Waals surface area contributed by atoms with Crippen molar-refractivity contribution < 1.29 is 18.7 Å². The summed E-state index contributed by atoms with van der Waals surface area (Å²) in [5.74, 6) is -1.54. The van der Waals surface area contributed by atoms with Crippen LogP contribution in [0.4, 0.5) is 4.39 Å². The number of carbonyl (C=O) groups is 2. The average molecular weight is 332 g/mol. The summed E-state index contributed by atoms with van der Waals surface area (Å²) in [6.45, 7) is 5.09. The van der Waals surface area contributed by atoms with E-state index in [1.807, 2.05) is 20.8 Å². The van der Waals surface area contributed by atoms with E-state index in [0.717, 1.165) is 12.1 Å². The number of hydrogen-bond donors (Lipinski definition) is 1. The first-order valence-electron chi connectivity index (χ1n) is 5.62. The molecule has 0 aliphatic rings. The summed E-state index contributed by atoms with van der Waals surface area (Å²) in [5.41, 5.74) is -0.218. The standard InChI is InChI=1S/C13H15BrFNO3/c1-13(2,3)16-11(17)7-19-12(18)9-5-4-8(15)6-10(9)14/h4-6H,7H2,1-3H3,(H,16,17). The SMILES string of the molecule is CC(C)(C)NC(=O)COC(=O)c1ccc(F)cc1Br. The largest absolute Gasteiger partial charge is 0.452 e. The summed E-state index contributed by atoms with van der Waals surface area (Å²) in [6.07, 6.45) is 0. The molecule has 1 aromatic rings. The third kappa shape index (κ3) is 5.38. The molecule has 1 rings (SSSR count). The Balaban J connectivity index is 2.59. The zero-order chi connectivity index (χ0) is 14.6. The minimum atomic E-state index is -0.684. The molecule has 104 valence electrons. The van der Waals surface area contributed by atoms with Crippen LogP contribution >= 0.6 is 15.9 Å². The van der Waals surface area contributed by atoms with Crippen molar-refractivity contribution in [3.63, 3.8) is 0 Å². The molecule has 0 spiro atoms. The quantitative estimate of drug-likeness (QED) is 0.866. The van der Waals surface area contributed by atoms with Crippen LogP contribution in [-0.2, 0) is 9.53 Å². The number of rotatable bonds is 3. The number of amides is 1. The van der Waals surface area contributed by atoms with Crippen molar-refractivity contribution in [2.75, 3.05) is 6.61 Å². The summed E-state index contributed by atoms with van der Waals surface area (Å²) < 4.78 is 18.0. The van der Waals surface area contributed by atoms with Crippen LogP contribution in [0.3, 0.4) is 0 Å². The third-order valence-electron chi connectivity index (χ3n) is 2.00. The van der Waals surface area contributed by atoms with Crippen LogP contribution in [0.2, 0.25) is 0 Å². The highest BCUT2D eigenvalue weighted by atomic mass is 79.9. The summed E-state index contributed by atoms with van der Waals surface area (Å²) in [7, 11) is 0. The van der Waals surface area contributed by atoms with Gasteiger partial charge in [0.2, 0.25) is 0 Å². The second kappa shape index (κ2) is 6.14. The molecule has 0 aliphatic carbocycles. The van der Waals surface area contributed by atoms with Crippen molar-refractivity contribution >= 4 is 27.8 Å². The Bertz CT molecular complexity index is 497. The first-order valence-corrected chi connectivity index (χ1v) is 6.41. The van der Waals surface area contributed by atoms with Gasteiger partial charge in [0, 0.05) is 10.0 Å². The van der Waals surface area contributed by atoms with Crippen molar-refractivity contribution in [1.82, 2.24) is 5.32 Å². The monoisotopic (exact) mass is 331 g/mol. The van der Waals surface area contributed by atoms with E-state index < -0.39 is 11.8 Å². The van der Waals surface area contributed by atoms with Crippen LogP contribution in [0.25, 0.3) is 0 Å². The number of hydrogen-bond acceptors (Lipinski definition) is 3. The van der Waals surface area contributed by atoms with E-state index in [4.69, 9.17) is 4.74 Å². The van der Waals surface area contributed by atoms with Gasteiger partial charge in [-0.05, 0) is 54.9 Å². The van der Waals surface area contributed by atoms with Gasteiger partial charge in [0.25, 0.3) is 5.91 Å². The zero-order valence-corrected chi connectivity index (χ0v) is 12.5. The fourth-order valence-electron chi connectivity index (χ4n) is 1.32. The van der Waals surface area contributed by atoms with Crippen molar-refractivity contribution in [3.8, 4) is 0 Å². The maximum atomic E-state index is 12.9.